The zero-order valence-electron chi connectivity index (χ0n) is 10.4. The Hall–Kier alpha value is -1.47. The largest absolute Gasteiger partial charge is 0.355 e. The number of piperidine rings is 1. The van der Waals surface area contributed by atoms with Gasteiger partial charge in [-0.3, -0.25) is 4.79 Å². The number of halogens is 1. The summed E-state index contributed by atoms with van der Waals surface area (Å²) in [6.45, 7) is 1.79. The highest BCUT2D eigenvalue weighted by molar-refractivity contribution is 7.89. The van der Waals surface area contributed by atoms with Crippen molar-refractivity contribution in [2.45, 2.75) is 30.7 Å². The first-order valence-electron chi connectivity index (χ1n) is 5.94. The highest BCUT2D eigenvalue weighted by Crippen LogP contribution is 2.15. The monoisotopic (exact) mass is 286 g/mol. The summed E-state index contributed by atoms with van der Waals surface area (Å²) in [5.74, 6) is -0.517. The zero-order valence-corrected chi connectivity index (χ0v) is 11.3. The van der Waals surface area contributed by atoms with Crippen molar-refractivity contribution < 1.29 is 17.6 Å². The molecule has 7 heteroatoms. The Morgan fingerprint density at radius 3 is 2.74 bits per heavy atom. The Labute approximate surface area is 111 Å². The molecule has 0 spiro atoms. The van der Waals surface area contributed by atoms with Gasteiger partial charge in [0, 0.05) is 19.0 Å². The lowest BCUT2D eigenvalue weighted by atomic mass is 10.1. The molecular formula is C12H15FN2O3S. The molecule has 1 atom stereocenters. The quantitative estimate of drug-likeness (QED) is 0.858. The second-order valence-corrected chi connectivity index (χ2v) is 6.29. The summed E-state index contributed by atoms with van der Waals surface area (Å²) < 4.78 is 39.8. The number of sulfonamides is 1. The molecule has 2 N–H and O–H groups in total. The second kappa shape index (κ2) is 5.26. The van der Waals surface area contributed by atoms with Crippen LogP contribution in [0.3, 0.4) is 0 Å². The Morgan fingerprint density at radius 1 is 1.42 bits per heavy atom. The fraction of sp³-hybridized carbons (Fsp3) is 0.417. The minimum atomic E-state index is -3.68. The fourth-order valence-corrected chi connectivity index (χ4v) is 3.26. The maximum absolute atomic E-state index is 13.1. The number of hydrogen-bond acceptors (Lipinski definition) is 3. The standard InChI is InChI=1S/C12H15FN2O3S/c1-8-6-10(3-4-11(8)13)19(17,18)15-9-2-5-12(16)14-7-9/h3-4,6,9,15H,2,5,7H2,1H3,(H,14,16)/t9-/m0/s1. The van der Waals surface area contributed by atoms with E-state index >= 15 is 0 Å². The third kappa shape index (κ3) is 3.30. The maximum Gasteiger partial charge on any atom is 0.240 e. The Bertz CT molecular complexity index is 591. The van der Waals surface area contributed by atoms with Crippen LogP contribution in [0.1, 0.15) is 18.4 Å². The summed E-state index contributed by atoms with van der Waals surface area (Å²) in [6, 6.07) is 3.32. The van der Waals surface area contributed by atoms with E-state index < -0.39 is 15.8 Å². The third-order valence-corrected chi connectivity index (χ3v) is 4.55. The summed E-state index contributed by atoms with van der Waals surface area (Å²) in [5, 5.41) is 2.60. The van der Waals surface area contributed by atoms with Gasteiger partial charge in [0.2, 0.25) is 15.9 Å². The number of rotatable bonds is 3. The molecular weight excluding hydrogens is 271 g/mol. The summed E-state index contributed by atoms with van der Waals surface area (Å²) in [7, 11) is -3.68. The molecule has 0 radical (unpaired) electrons. The minimum absolute atomic E-state index is 0.0308. The van der Waals surface area contributed by atoms with Gasteiger partial charge in [0.15, 0.2) is 0 Å². The molecule has 0 bridgehead atoms. The van der Waals surface area contributed by atoms with Crippen molar-refractivity contribution in [1.82, 2.24) is 10.0 Å². The van der Waals surface area contributed by atoms with Gasteiger partial charge < -0.3 is 5.32 Å². The molecule has 2 rings (SSSR count). The van der Waals surface area contributed by atoms with Gasteiger partial charge in [-0.1, -0.05) is 0 Å². The average molecular weight is 286 g/mol. The molecule has 19 heavy (non-hydrogen) atoms. The third-order valence-electron chi connectivity index (χ3n) is 3.03. The second-order valence-electron chi connectivity index (χ2n) is 4.57. The molecule has 1 aromatic carbocycles. The van der Waals surface area contributed by atoms with E-state index in [9.17, 15) is 17.6 Å². The van der Waals surface area contributed by atoms with Crippen LogP contribution in [0.15, 0.2) is 23.1 Å². The smallest absolute Gasteiger partial charge is 0.240 e. The normalized spacial score (nSPS) is 20.1. The molecule has 1 amide bonds. The van der Waals surface area contributed by atoms with E-state index in [0.29, 0.717) is 12.8 Å². The van der Waals surface area contributed by atoms with E-state index in [1.165, 1.54) is 19.1 Å². The van der Waals surface area contributed by atoms with E-state index in [4.69, 9.17) is 0 Å². The SMILES string of the molecule is Cc1cc(S(=O)(=O)N[C@H]2CCC(=O)NC2)ccc1F. The molecule has 0 aliphatic carbocycles. The molecule has 1 heterocycles. The maximum atomic E-state index is 13.1. The molecule has 1 aromatic rings. The van der Waals surface area contributed by atoms with Crippen LogP contribution in [-0.4, -0.2) is 26.9 Å². The highest BCUT2D eigenvalue weighted by atomic mass is 32.2. The van der Waals surface area contributed by atoms with Gasteiger partial charge in [0.25, 0.3) is 0 Å². The highest BCUT2D eigenvalue weighted by Gasteiger charge is 2.24. The molecule has 1 aliphatic rings. The Balaban J connectivity index is 2.13. The van der Waals surface area contributed by atoms with Crippen LogP contribution in [0.5, 0.6) is 0 Å². The molecule has 104 valence electrons. The number of carbonyl (C=O) groups is 1. The van der Waals surface area contributed by atoms with Crippen LogP contribution >= 0.6 is 0 Å². The van der Waals surface area contributed by atoms with Crippen molar-refractivity contribution in [3.63, 3.8) is 0 Å². The molecule has 5 nitrogen and oxygen atoms in total. The van der Waals surface area contributed by atoms with Gasteiger partial charge >= 0.3 is 0 Å². The first kappa shape index (κ1) is 14.0. The van der Waals surface area contributed by atoms with Crippen molar-refractivity contribution in [3.8, 4) is 0 Å². The zero-order chi connectivity index (χ0) is 14.0. The lowest BCUT2D eigenvalue weighted by molar-refractivity contribution is -0.122. The minimum Gasteiger partial charge on any atom is -0.355 e. The van der Waals surface area contributed by atoms with Crippen molar-refractivity contribution in [1.29, 1.82) is 0 Å². The summed E-state index contributed by atoms with van der Waals surface area (Å²) in [6.07, 6.45) is 0.765. The number of hydrogen-bond donors (Lipinski definition) is 2. The van der Waals surface area contributed by atoms with Crippen LogP contribution in [0.2, 0.25) is 0 Å². The van der Waals surface area contributed by atoms with Gasteiger partial charge in [-0.2, -0.15) is 0 Å². The summed E-state index contributed by atoms with van der Waals surface area (Å²) >= 11 is 0. The number of amides is 1. The van der Waals surface area contributed by atoms with E-state index in [-0.39, 0.29) is 29.0 Å². The predicted octanol–water partition coefficient (Wildman–Crippen LogP) is 0.691. The fourth-order valence-electron chi connectivity index (χ4n) is 1.91. The van der Waals surface area contributed by atoms with Crippen molar-refractivity contribution in [3.05, 3.63) is 29.6 Å². The lowest BCUT2D eigenvalue weighted by Crippen LogP contribution is -2.47. The van der Waals surface area contributed by atoms with E-state index in [1.54, 1.807) is 0 Å². The van der Waals surface area contributed by atoms with Crippen molar-refractivity contribution in [2.75, 3.05) is 6.54 Å². The van der Waals surface area contributed by atoms with Gasteiger partial charge in [0.05, 0.1) is 4.90 Å². The lowest BCUT2D eigenvalue weighted by Gasteiger charge is -2.23. The van der Waals surface area contributed by atoms with Crippen molar-refractivity contribution in [2.24, 2.45) is 0 Å². The Morgan fingerprint density at radius 2 is 2.16 bits per heavy atom. The van der Waals surface area contributed by atoms with Crippen LogP contribution in [0.25, 0.3) is 0 Å². The molecule has 0 aromatic heterocycles. The number of nitrogens with one attached hydrogen (secondary N) is 2. The number of carbonyl (C=O) groups excluding carboxylic acids is 1. The van der Waals surface area contributed by atoms with E-state index in [0.717, 1.165) is 6.07 Å². The van der Waals surface area contributed by atoms with E-state index in [1.807, 2.05) is 0 Å². The first-order valence-corrected chi connectivity index (χ1v) is 7.42. The van der Waals surface area contributed by atoms with Crippen LogP contribution < -0.4 is 10.0 Å². The number of aryl methyl sites for hydroxylation is 1. The number of benzene rings is 1. The molecule has 1 aliphatic heterocycles. The van der Waals surface area contributed by atoms with Gasteiger partial charge in [-0.25, -0.2) is 17.5 Å². The summed E-state index contributed by atoms with van der Waals surface area (Å²) in [4.78, 5) is 11.0. The molecule has 0 saturated carbocycles. The molecule has 0 unspecified atom stereocenters. The van der Waals surface area contributed by atoms with E-state index in [2.05, 4.69) is 10.0 Å². The van der Waals surface area contributed by atoms with Crippen molar-refractivity contribution >= 4 is 15.9 Å². The van der Waals surface area contributed by atoms with Crippen LogP contribution in [0, 0.1) is 12.7 Å². The molecule has 1 saturated heterocycles. The van der Waals surface area contributed by atoms with Gasteiger partial charge in [0.1, 0.15) is 5.82 Å². The topological polar surface area (TPSA) is 75.3 Å². The predicted molar refractivity (Wildman–Crippen MR) is 67.5 cm³/mol. The average Bonchev–Trinajstić information content (AvgIpc) is 2.35. The van der Waals surface area contributed by atoms with Gasteiger partial charge in [-0.05, 0) is 37.1 Å². The Kier molecular flexibility index (Phi) is 3.86. The first-order chi connectivity index (χ1) is 8.88. The summed E-state index contributed by atoms with van der Waals surface area (Å²) in [5.41, 5.74) is 0.278. The van der Waals surface area contributed by atoms with Crippen LogP contribution in [0.4, 0.5) is 4.39 Å². The van der Waals surface area contributed by atoms with Gasteiger partial charge in [-0.15, -0.1) is 0 Å². The molecule has 1 fully saturated rings. The van der Waals surface area contributed by atoms with Crippen LogP contribution in [-0.2, 0) is 14.8 Å².